The molecule has 0 fully saturated rings. The minimum atomic E-state index is -4.88. The number of nitrogens with zero attached hydrogens (tertiary/aromatic N) is 1. The molecule has 0 heterocycles. The lowest BCUT2D eigenvalue weighted by Gasteiger charge is -2.19. The van der Waals surface area contributed by atoms with Crippen LogP contribution in [0.5, 0.6) is 0 Å². The Morgan fingerprint density at radius 3 is 2.14 bits per heavy atom. The summed E-state index contributed by atoms with van der Waals surface area (Å²) < 4.78 is 47.9. The second kappa shape index (κ2) is 8.95. The summed E-state index contributed by atoms with van der Waals surface area (Å²) in [6.45, 7) is 11.4. The molecule has 0 aliphatic rings. The standard InChI is InChI=1S/C20H25F3N2O3/c1-12(16(17(26)27-6)25-18(24)20(21,22)23)13(2)28-11-14-7-9-15(10-8-14)19(3,4)5/h7-10H,2,11H2,1,3-6H3,(H2,24,25)/b16-12-. The lowest BCUT2D eigenvalue weighted by Crippen LogP contribution is -2.32. The molecule has 28 heavy (non-hydrogen) atoms. The van der Waals surface area contributed by atoms with Gasteiger partial charge in [-0.15, -0.1) is 0 Å². The van der Waals surface area contributed by atoms with E-state index in [0.29, 0.717) is 0 Å². The number of halogens is 3. The topological polar surface area (TPSA) is 73.9 Å². The van der Waals surface area contributed by atoms with Gasteiger partial charge in [0.25, 0.3) is 0 Å². The van der Waals surface area contributed by atoms with Gasteiger partial charge < -0.3 is 15.2 Å². The van der Waals surface area contributed by atoms with Crippen LogP contribution >= 0.6 is 0 Å². The first-order valence-electron chi connectivity index (χ1n) is 8.39. The molecule has 8 heteroatoms. The molecule has 1 aromatic carbocycles. The maximum absolute atomic E-state index is 12.6. The quantitative estimate of drug-likeness (QED) is 0.193. The Bertz CT molecular complexity index is 786. The molecule has 154 valence electrons. The first kappa shape index (κ1) is 23.3. The number of allylic oxidation sites excluding steroid dienone is 1. The van der Waals surface area contributed by atoms with E-state index >= 15 is 0 Å². The molecule has 0 aliphatic carbocycles. The summed E-state index contributed by atoms with van der Waals surface area (Å²) in [5.74, 6) is -2.76. The third-order valence-electron chi connectivity index (χ3n) is 3.91. The van der Waals surface area contributed by atoms with Gasteiger partial charge in [-0.3, -0.25) is 0 Å². The molecule has 0 aromatic heterocycles. The summed E-state index contributed by atoms with van der Waals surface area (Å²) in [7, 11) is 1.02. The molecular weight excluding hydrogens is 373 g/mol. The minimum Gasteiger partial charge on any atom is -0.489 e. The molecule has 0 saturated heterocycles. The molecule has 0 spiro atoms. The molecule has 0 atom stereocenters. The van der Waals surface area contributed by atoms with Crippen LogP contribution in [0.3, 0.4) is 0 Å². The lowest BCUT2D eigenvalue weighted by atomic mass is 9.87. The predicted molar refractivity (Wildman–Crippen MR) is 101 cm³/mol. The Balaban J connectivity index is 3.02. The summed E-state index contributed by atoms with van der Waals surface area (Å²) in [6, 6.07) is 7.71. The number of methoxy groups -OCH3 is 1. The van der Waals surface area contributed by atoms with Crippen LogP contribution in [-0.2, 0) is 26.3 Å². The Morgan fingerprint density at radius 2 is 1.71 bits per heavy atom. The summed E-state index contributed by atoms with van der Waals surface area (Å²) in [5.41, 5.74) is 6.27. The van der Waals surface area contributed by atoms with Crippen molar-refractivity contribution in [1.82, 2.24) is 0 Å². The molecule has 2 N–H and O–H groups in total. The van der Waals surface area contributed by atoms with Gasteiger partial charge in [0.2, 0.25) is 5.84 Å². The van der Waals surface area contributed by atoms with E-state index in [9.17, 15) is 18.0 Å². The molecular formula is C20H25F3N2O3. The molecule has 1 rings (SSSR count). The SMILES string of the molecule is C=C(OCc1ccc(C(C)(C)C)cc1)/C(C)=C(\N=C(/N)C(F)(F)F)C(=O)OC. The normalized spacial score (nSPS) is 13.6. The highest BCUT2D eigenvalue weighted by Gasteiger charge is 2.34. The van der Waals surface area contributed by atoms with Crippen molar-refractivity contribution in [2.24, 2.45) is 10.7 Å². The Morgan fingerprint density at radius 1 is 1.18 bits per heavy atom. The molecule has 0 bridgehead atoms. The number of carbonyl (C=O) groups excluding carboxylic acids is 1. The van der Waals surface area contributed by atoms with Crippen molar-refractivity contribution in [1.29, 1.82) is 0 Å². The molecule has 5 nitrogen and oxygen atoms in total. The highest BCUT2D eigenvalue weighted by atomic mass is 19.4. The van der Waals surface area contributed by atoms with Crippen LogP contribution in [0.25, 0.3) is 0 Å². The number of esters is 1. The van der Waals surface area contributed by atoms with Crippen LogP contribution in [0.1, 0.15) is 38.8 Å². The molecule has 0 unspecified atom stereocenters. The summed E-state index contributed by atoms with van der Waals surface area (Å²) in [6.07, 6.45) is -4.88. The average molecular weight is 398 g/mol. The number of carbonyl (C=O) groups is 1. The van der Waals surface area contributed by atoms with E-state index in [4.69, 9.17) is 10.5 Å². The molecule has 0 saturated carbocycles. The number of alkyl halides is 3. The largest absolute Gasteiger partial charge is 0.489 e. The summed E-state index contributed by atoms with van der Waals surface area (Å²) >= 11 is 0. The van der Waals surface area contributed by atoms with Crippen molar-refractivity contribution in [2.45, 2.75) is 45.9 Å². The smallest absolute Gasteiger partial charge is 0.448 e. The predicted octanol–water partition coefficient (Wildman–Crippen LogP) is 4.38. The van der Waals surface area contributed by atoms with E-state index in [1.807, 2.05) is 24.3 Å². The van der Waals surface area contributed by atoms with Crippen LogP contribution in [-0.4, -0.2) is 25.1 Å². The zero-order chi connectivity index (χ0) is 21.7. The zero-order valence-corrected chi connectivity index (χ0v) is 16.6. The van der Waals surface area contributed by atoms with E-state index in [0.717, 1.165) is 18.2 Å². The average Bonchev–Trinajstić information content (AvgIpc) is 2.61. The van der Waals surface area contributed by atoms with Crippen molar-refractivity contribution in [2.75, 3.05) is 7.11 Å². The van der Waals surface area contributed by atoms with Gasteiger partial charge in [-0.1, -0.05) is 51.6 Å². The van der Waals surface area contributed by atoms with Gasteiger partial charge in [0, 0.05) is 5.57 Å². The molecule has 0 radical (unpaired) electrons. The van der Waals surface area contributed by atoms with Crippen LogP contribution in [0.2, 0.25) is 0 Å². The van der Waals surface area contributed by atoms with Crippen molar-refractivity contribution >= 4 is 11.8 Å². The van der Waals surface area contributed by atoms with Gasteiger partial charge in [-0.25, -0.2) is 9.79 Å². The first-order chi connectivity index (χ1) is 12.8. The van der Waals surface area contributed by atoms with Crippen molar-refractivity contribution in [3.63, 3.8) is 0 Å². The van der Waals surface area contributed by atoms with Gasteiger partial charge in [-0.2, -0.15) is 13.2 Å². The van der Waals surface area contributed by atoms with Crippen LogP contribution < -0.4 is 5.73 Å². The second-order valence-electron chi connectivity index (χ2n) is 7.12. The van der Waals surface area contributed by atoms with Gasteiger partial charge in [0.15, 0.2) is 5.70 Å². The van der Waals surface area contributed by atoms with Crippen LogP contribution in [0.4, 0.5) is 13.2 Å². The fourth-order valence-electron chi connectivity index (χ4n) is 2.07. The highest BCUT2D eigenvalue weighted by Crippen LogP contribution is 2.24. The number of aliphatic imine (C=N–C) groups is 1. The van der Waals surface area contributed by atoms with Crippen LogP contribution in [0.15, 0.2) is 52.9 Å². The molecule has 0 amide bonds. The third kappa shape index (κ3) is 6.44. The Labute approximate surface area is 162 Å². The number of ether oxygens (including phenoxy) is 2. The number of nitrogens with two attached hydrogens (primary N) is 1. The third-order valence-corrected chi connectivity index (χ3v) is 3.91. The second-order valence-corrected chi connectivity index (χ2v) is 7.12. The van der Waals surface area contributed by atoms with Gasteiger partial charge in [-0.05, 0) is 23.5 Å². The number of benzene rings is 1. The van der Waals surface area contributed by atoms with Crippen LogP contribution in [0, 0.1) is 0 Å². The van der Waals surface area contributed by atoms with Crippen molar-refractivity contribution in [3.8, 4) is 0 Å². The maximum Gasteiger partial charge on any atom is 0.448 e. The lowest BCUT2D eigenvalue weighted by molar-refractivity contribution is -0.136. The summed E-state index contributed by atoms with van der Waals surface area (Å²) in [4.78, 5) is 15.0. The van der Waals surface area contributed by atoms with E-state index in [1.54, 1.807) is 0 Å². The van der Waals surface area contributed by atoms with Crippen molar-refractivity contribution < 1.29 is 27.4 Å². The summed E-state index contributed by atoms with van der Waals surface area (Å²) in [5, 5.41) is 0. The van der Waals surface area contributed by atoms with E-state index in [2.05, 4.69) is 37.1 Å². The number of hydrogen-bond acceptors (Lipinski definition) is 4. The first-order valence-corrected chi connectivity index (χ1v) is 8.39. The molecule has 0 aliphatic heterocycles. The van der Waals surface area contributed by atoms with E-state index in [1.165, 1.54) is 6.92 Å². The number of amidine groups is 1. The Kier molecular flexibility index (Phi) is 7.43. The monoisotopic (exact) mass is 398 g/mol. The number of rotatable bonds is 6. The fourth-order valence-corrected chi connectivity index (χ4v) is 2.07. The highest BCUT2D eigenvalue weighted by molar-refractivity contribution is 5.95. The van der Waals surface area contributed by atoms with Crippen molar-refractivity contribution in [3.05, 3.63) is 59.0 Å². The number of hydrogen-bond donors (Lipinski definition) is 1. The van der Waals surface area contributed by atoms with Gasteiger partial charge in [0.1, 0.15) is 12.4 Å². The zero-order valence-electron chi connectivity index (χ0n) is 16.6. The Hall–Kier alpha value is -2.77. The van der Waals surface area contributed by atoms with Gasteiger partial charge in [0.05, 0.1) is 7.11 Å². The van der Waals surface area contributed by atoms with E-state index < -0.39 is 23.7 Å². The maximum atomic E-state index is 12.6. The minimum absolute atomic E-state index is 0.00808. The van der Waals surface area contributed by atoms with E-state index in [-0.39, 0.29) is 23.4 Å². The fraction of sp³-hybridized carbons (Fsp3) is 0.400. The van der Waals surface area contributed by atoms with Gasteiger partial charge >= 0.3 is 12.1 Å². The molecule has 1 aromatic rings.